The van der Waals surface area contributed by atoms with Crippen molar-refractivity contribution < 1.29 is 4.79 Å². The van der Waals surface area contributed by atoms with E-state index < -0.39 is 0 Å². The van der Waals surface area contributed by atoms with Crippen molar-refractivity contribution in [2.24, 2.45) is 5.92 Å². The van der Waals surface area contributed by atoms with Gasteiger partial charge < -0.3 is 5.32 Å². The summed E-state index contributed by atoms with van der Waals surface area (Å²) in [5.41, 5.74) is 0.588. The predicted octanol–water partition coefficient (Wildman–Crippen LogP) is 1.40. The van der Waals surface area contributed by atoms with Gasteiger partial charge in [-0.3, -0.25) is 4.79 Å². The highest BCUT2D eigenvalue weighted by Gasteiger charge is 2.22. The molecule has 4 nitrogen and oxygen atoms in total. The molecule has 1 aliphatic rings. The van der Waals surface area contributed by atoms with Crippen LogP contribution in [-0.2, 0) is 0 Å². The minimum atomic E-state index is -0.0380. The van der Waals surface area contributed by atoms with Crippen molar-refractivity contribution in [2.45, 2.75) is 32.2 Å². The fourth-order valence-corrected chi connectivity index (χ4v) is 2.03. The molecule has 0 spiro atoms. The van der Waals surface area contributed by atoms with Crippen LogP contribution in [0.25, 0.3) is 0 Å². The molecule has 0 radical (unpaired) electrons. The topological polar surface area (TPSA) is 54.9 Å². The van der Waals surface area contributed by atoms with Crippen molar-refractivity contribution in [3.8, 4) is 0 Å². The molecule has 1 N–H and O–H groups in total. The van der Waals surface area contributed by atoms with Crippen molar-refractivity contribution >= 4 is 5.91 Å². The van der Waals surface area contributed by atoms with Crippen molar-refractivity contribution in [1.29, 1.82) is 0 Å². The lowest BCUT2D eigenvalue weighted by Crippen LogP contribution is -2.32. The molecule has 2 unspecified atom stereocenters. The molecular formula is C11H15N3O. The van der Waals surface area contributed by atoms with Gasteiger partial charge in [0.2, 0.25) is 0 Å². The zero-order valence-corrected chi connectivity index (χ0v) is 8.81. The van der Waals surface area contributed by atoms with Gasteiger partial charge in [0, 0.05) is 6.04 Å². The van der Waals surface area contributed by atoms with Gasteiger partial charge in [-0.05, 0) is 31.2 Å². The Balaban J connectivity index is 1.93. The summed E-state index contributed by atoms with van der Waals surface area (Å²) < 4.78 is 0. The van der Waals surface area contributed by atoms with Crippen LogP contribution in [0.3, 0.4) is 0 Å². The first-order valence-corrected chi connectivity index (χ1v) is 5.33. The van der Waals surface area contributed by atoms with E-state index in [0.29, 0.717) is 11.6 Å². The number of nitrogens with one attached hydrogen (secondary N) is 1. The van der Waals surface area contributed by atoms with Crippen molar-refractivity contribution in [3.63, 3.8) is 0 Å². The van der Waals surface area contributed by atoms with Crippen LogP contribution in [0, 0.1) is 5.92 Å². The normalized spacial score (nSPS) is 25.1. The highest BCUT2D eigenvalue weighted by molar-refractivity contribution is 5.93. The van der Waals surface area contributed by atoms with E-state index in [-0.39, 0.29) is 5.91 Å². The van der Waals surface area contributed by atoms with E-state index in [1.54, 1.807) is 6.07 Å². The molecule has 15 heavy (non-hydrogen) atoms. The van der Waals surface area contributed by atoms with Gasteiger partial charge in [0.25, 0.3) is 5.91 Å². The predicted molar refractivity (Wildman–Crippen MR) is 56.3 cm³/mol. The summed E-state index contributed by atoms with van der Waals surface area (Å²) in [6, 6.07) is 2.02. The van der Waals surface area contributed by atoms with Gasteiger partial charge in [0.15, 0.2) is 0 Å². The zero-order chi connectivity index (χ0) is 10.7. The van der Waals surface area contributed by atoms with Crippen LogP contribution in [0.4, 0.5) is 0 Å². The highest BCUT2D eigenvalue weighted by atomic mass is 16.1. The number of carbonyl (C=O) groups is 1. The molecule has 80 valence electrons. The van der Waals surface area contributed by atoms with Gasteiger partial charge in [-0.1, -0.05) is 6.92 Å². The van der Waals surface area contributed by atoms with Crippen LogP contribution >= 0.6 is 0 Å². The van der Waals surface area contributed by atoms with Gasteiger partial charge in [0.05, 0.1) is 18.0 Å². The van der Waals surface area contributed by atoms with Gasteiger partial charge in [-0.15, -0.1) is 0 Å². The molecule has 1 aliphatic carbocycles. The first-order chi connectivity index (χ1) is 7.25. The Hall–Kier alpha value is -1.45. The lowest BCUT2D eigenvalue weighted by atomic mass is 10.1. The van der Waals surface area contributed by atoms with Gasteiger partial charge >= 0.3 is 0 Å². The zero-order valence-electron chi connectivity index (χ0n) is 8.81. The van der Waals surface area contributed by atoms with Crippen LogP contribution in [0.1, 0.15) is 36.5 Å². The van der Waals surface area contributed by atoms with Crippen LogP contribution in [0.15, 0.2) is 18.5 Å². The maximum absolute atomic E-state index is 11.7. The summed E-state index contributed by atoms with van der Waals surface area (Å²) in [6.45, 7) is 2.22. The molecule has 1 aromatic heterocycles. The highest BCUT2D eigenvalue weighted by Crippen LogP contribution is 2.24. The number of hydrogen-bond donors (Lipinski definition) is 1. The minimum Gasteiger partial charge on any atom is -0.349 e. The fraction of sp³-hybridized carbons (Fsp3) is 0.545. The summed E-state index contributed by atoms with van der Waals surface area (Å²) in [6.07, 6.45) is 6.41. The molecule has 0 saturated heterocycles. The molecule has 4 heteroatoms. The monoisotopic (exact) mass is 205 g/mol. The molecule has 0 aromatic carbocycles. The summed E-state index contributed by atoms with van der Waals surface area (Å²) in [4.78, 5) is 11.7. The van der Waals surface area contributed by atoms with Crippen molar-refractivity contribution in [2.75, 3.05) is 0 Å². The second kappa shape index (κ2) is 4.38. The second-order valence-corrected chi connectivity index (χ2v) is 4.22. The average Bonchev–Trinajstić information content (AvgIpc) is 2.65. The van der Waals surface area contributed by atoms with Crippen LogP contribution in [0.2, 0.25) is 0 Å². The molecule has 1 saturated carbocycles. The van der Waals surface area contributed by atoms with E-state index >= 15 is 0 Å². The van der Waals surface area contributed by atoms with Gasteiger partial charge in [0.1, 0.15) is 0 Å². The minimum absolute atomic E-state index is 0.0380. The Morgan fingerprint density at radius 2 is 2.33 bits per heavy atom. The maximum atomic E-state index is 11.7. The fourth-order valence-electron chi connectivity index (χ4n) is 2.03. The first-order valence-electron chi connectivity index (χ1n) is 5.33. The molecule has 0 bridgehead atoms. The molecule has 2 atom stereocenters. The number of carbonyl (C=O) groups excluding carboxylic acids is 1. The quantitative estimate of drug-likeness (QED) is 0.793. The largest absolute Gasteiger partial charge is 0.349 e. The van der Waals surface area contributed by atoms with Crippen molar-refractivity contribution in [3.05, 3.63) is 24.0 Å². The lowest BCUT2D eigenvalue weighted by Gasteiger charge is -2.11. The second-order valence-electron chi connectivity index (χ2n) is 4.22. The average molecular weight is 205 g/mol. The molecule has 1 fully saturated rings. The standard InChI is InChI=1S/C11H15N3O/c1-8-2-3-10(6-8)14-11(15)9-4-5-12-13-7-9/h4-5,7-8,10H,2-3,6H2,1H3,(H,14,15). The molecule has 1 heterocycles. The Morgan fingerprint density at radius 3 is 2.93 bits per heavy atom. The number of aromatic nitrogens is 2. The third-order valence-corrected chi connectivity index (χ3v) is 2.88. The summed E-state index contributed by atoms with van der Waals surface area (Å²) in [5.74, 6) is 0.690. The first kappa shape index (κ1) is 10.1. The Kier molecular flexibility index (Phi) is 2.94. The van der Waals surface area contributed by atoms with Crippen LogP contribution < -0.4 is 5.32 Å². The van der Waals surface area contributed by atoms with Crippen molar-refractivity contribution in [1.82, 2.24) is 15.5 Å². The summed E-state index contributed by atoms with van der Waals surface area (Å²) in [7, 11) is 0. The van der Waals surface area contributed by atoms with E-state index in [4.69, 9.17) is 0 Å². The number of hydrogen-bond acceptors (Lipinski definition) is 3. The van der Waals surface area contributed by atoms with E-state index in [9.17, 15) is 4.79 Å². The van der Waals surface area contributed by atoms with E-state index in [1.807, 2.05) is 0 Å². The van der Waals surface area contributed by atoms with E-state index in [2.05, 4.69) is 22.4 Å². The Labute approximate surface area is 89.1 Å². The number of nitrogens with zero attached hydrogens (tertiary/aromatic N) is 2. The van der Waals surface area contributed by atoms with Crippen LogP contribution in [0.5, 0.6) is 0 Å². The Bertz CT molecular complexity index is 339. The molecular weight excluding hydrogens is 190 g/mol. The maximum Gasteiger partial charge on any atom is 0.253 e. The lowest BCUT2D eigenvalue weighted by molar-refractivity contribution is 0.0936. The molecule has 0 aliphatic heterocycles. The third-order valence-electron chi connectivity index (χ3n) is 2.88. The molecule has 2 rings (SSSR count). The molecule has 1 aromatic rings. The smallest absolute Gasteiger partial charge is 0.253 e. The van der Waals surface area contributed by atoms with E-state index in [0.717, 1.165) is 18.8 Å². The van der Waals surface area contributed by atoms with E-state index in [1.165, 1.54) is 18.8 Å². The molecule has 1 amide bonds. The Morgan fingerprint density at radius 1 is 1.47 bits per heavy atom. The summed E-state index contributed by atoms with van der Waals surface area (Å²) >= 11 is 0. The number of amides is 1. The van der Waals surface area contributed by atoms with Gasteiger partial charge in [-0.25, -0.2) is 0 Å². The summed E-state index contributed by atoms with van der Waals surface area (Å²) in [5, 5.41) is 10.3. The number of rotatable bonds is 2. The van der Waals surface area contributed by atoms with Gasteiger partial charge in [-0.2, -0.15) is 10.2 Å². The SMILES string of the molecule is CC1CCC(NC(=O)c2ccnnc2)C1. The van der Waals surface area contributed by atoms with Crippen LogP contribution in [-0.4, -0.2) is 22.1 Å². The third kappa shape index (κ3) is 2.52.